The molecule has 0 aliphatic carbocycles. The van der Waals surface area contributed by atoms with Crippen molar-refractivity contribution in [2.24, 2.45) is 5.92 Å². The number of hydrogen-bond donors (Lipinski definition) is 2. The molecule has 1 rings (SSSR count). The molecule has 0 saturated heterocycles. The van der Waals surface area contributed by atoms with E-state index in [-0.39, 0.29) is 6.61 Å². The fraction of sp³-hybridized carbons (Fsp3) is 0.727. The van der Waals surface area contributed by atoms with Gasteiger partial charge in [0.1, 0.15) is 5.82 Å². The SMILES string of the molecule is Cc1nn(CCO)c(NCC(C)C)c1C. The Bertz CT molecular complexity index is 318. The molecule has 1 heterocycles. The van der Waals surface area contributed by atoms with Gasteiger partial charge in [0, 0.05) is 12.1 Å². The highest BCUT2D eigenvalue weighted by atomic mass is 16.3. The Balaban J connectivity index is 2.82. The first-order chi connectivity index (χ1) is 7.06. The van der Waals surface area contributed by atoms with Gasteiger partial charge >= 0.3 is 0 Å². The van der Waals surface area contributed by atoms with Gasteiger partial charge in [-0.25, -0.2) is 4.68 Å². The van der Waals surface area contributed by atoms with E-state index in [0.717, 1.165) is 18.1 Å². The zero-order valence-corrected chi connectivity index (χ0v) is 10.0. The molecule has 0 spiro atoms. The molecule has 0 aliphatic heterocycles. The van der Waals surface area contributed by atoms with E-state index in [1.165, 1.54) is 5.56 Å². The average Bonchev–Trinajstić information content (AvgIpc) is 2.41. The van der Waals surface area contributed by atoms with Crippen LogP contribution in [0.5, 0.6) is 0 Å². The number of nitrogens with zero attached hydrogens (tertiary/aromatic N) is 2. The molecule has 86 valence electrons. The van der Waals surface area contributed by atoms with Crippen molar-refractivity contribution in [3.8, 4) is 0 Å². The summed E-state index contributed by atoms with van der Waals surface area (Å²) in [5, 5.41) is 16.7. The molecule has 4 nitrogen and oxygen atoms in total. The molecule has 0 aliphatic rings. The van der Waals surface area contributed by atoms with Crippen LogP contribution in [0.3, 0.4) is 0 Å². The lowest BCUT2D eigenvalue weighted by atomic mass is 10.2. The van der Waals surface area contributed by atoms with Crippen LogP contribution in [0.15, 0.2) is 0 Å². The lowest BCUT2D eigenvalue weighted by Crippen LogP contribution is -2.14. The van der Waals surface area contributed by atoms with Crippen LogP contribution in [-0.2, 0) is 6.54 Å². The Kier molecular flexibility index (Phi) is 4.15. The second kappa shape index (κ2) is 5.16. The van der Waals surface area contributed by atoms with E-state index in [1.54, 1.807) is 0 Å². The van der Waals surface area contributed by atoms with Gasteiger partial charge in [-0.05, 0) is 19.8 Å². The quantitative estimate of drug-likeness (QED) is 0.777. The Labute approximate surface area is 91.3 Å². The lowest BCUT2D eigenvalue weighted by molar-refractivity contribution is 0.270. The van der Waals surface area contributed by atoms with Crippen LogP contribution in [0.1, 0.15) is 25.1 Å². The van der Waals surface area contributed by atoms with E-state index >= 15 is 0 Å². The Morgan fingerprint density at radius 1 is 1.40 bits per heavy atom. The normalized spacial score (nSPS) is 11.1. The molecule has 0 bridgehead atoms. The van der Waals surface area contributed by atoms with E-state index in [9.17, 15) is 0 Å². The third-order valence-corrected chi connectivity index (χ3v) is 2.42. The van der Waals surface area contributed by atoms with Crippen LogP contribution in [-0.4, -0.2) is 28.0 Å². The van der Waals surface area contributed by atoms with Crippen molar-refractivity contribution in [3.63, 3.8) is 0 Å². The minimum absolute atomic E-state index is 0.122. The summed E-state index contributed by atoms with van der Waals surface area (Å²) in [5.41, 5.74) is 2.19. The van der Waals surface area contributed by atoms with Crippen LogP contribution in [0.2, 0.25) is 0 Å². The molecule has 0 amide bonds. The maximum atomic E-state index is 8.93. The van der Waals surface area contributed by atoms with Crippen molar-refractivity contribution >= 4 is 5.82 Å². The number of rotatable bonds is 5. The highest BCUT2D eigenvalue weighted by Crippen LogP contribution is 2.18. The molecule has 0 fully saturated rings. The second-order valence-corrected chi connectivity index (χ2v) is 4.28. The molecule has 2 N–H and O–H groups in total. The molecule has 4 heteroatoms. The number of anilines is 1. The van der Waals surface area contributed by atoms with Gasteiger partial charge in [-0.2, -0.15) is 5.10 Å². The highest BCUT2D eigenvalue weighted by Gasteiger charge is 2.10. The van der Waals surface area contributed by atoms with Gasteiger partial charge < -0.3 is 10.4 Å². The van der Waals surface area contributed by atoms with Gasteiger partial charge in [-0.3, -0.25) is 0 Å². The zero-order valence-electron chi connectivity index (χ0n) is 10.0. The largest absolute Gasteiger partial charge is 0.394 e. The molecule has 0 unspecified atom stereocenters. The van der Waals surface area contributed by atoms with Crippen molar-refractivity contribution in [1.82, 2.24) is 9.78 Å². The van der Waals surface area contributed by atoms with Crippen molar-refractivity contribution in [2.45, 2.75) is 34.2 Å². The van der Waals surface area contributed by atoms with Gasteiger partial charge in [0.15, 0.2) is 0 Å². The molecule has 1 aromatic heterocycles. The summed E-state index contributed by atoms with van der Waals surface area (Å²) in [7, 11) is 0. The Hall–Kier alpha value is -1.03. The van der Waals surface area contributed by atoms with E-state index in [1.807, 2.05) is 11.6 Å². The number of nitrogens with one attached hydrogen (secondary N) is 1. The molecule has 0 saturated carbocycles. The number of aryl methyl sites for hydroxylation is 1. The predicted octanol–water partition coefficient (Wildman–Crippen LogP) is 1.56. The van der Waals surface area contributed by atoms with E-state index in [4.69, 9.17) is 5.11 Å². The molecule has 1 aromatic rings. The van der Waals surface area contributed by atoms with Crippen molar-refractivity contribution in [1.29, 1.82) is 0 Å². The van der Waals surface area contributed by atoms with Crippen LogP contribution < -0.4 is 5.32 Å². The fourth-order valence-corrected chi connectivity index (χ4v) is 1.45. The summed E-state index contributed by atoms with van der Waals surface area (Å²) in [5.74, 6) is 1.64. The summed E-state index contributed by atoms with van der Waals surface area (Å²) in [6.45, 7) is 9.98. The summed E-state index contributed by atoms with van der Waals surface area (Å²) >= 11 is 0. The average molecular weight is 211 g/mol. The monoisotopic (exact) mass is 211 g/mol. The third-order valence-electron chi connectivity index (χ3n) is 2.42. The van der Waals surface area contributed by atoms with E-state index < -0.39 is 0 Å². The van der Waals surface area contributed by atoms with E-state index in [2.05, 4.69) is 31.2 Å². The zero-order chi connectivity index (χ0) is 11.4. The number of aliphatic hydroxyl groups is 1. The third kappa shape index (κ3) is 2.96. The van der Waals surface area contributed by atoms with Crippen molar-refractivity contribution in [3.05, 3.63) is 11.3 Å². The smallest absolute Gasteiger partial charge is 0.127 e. The van der Waals surface area contributed by atoms with Gasteiger partial charge in [0.25, 0.3) is 0 Å². The Morgan fingerprint density at radius 2 is 2.07 bits per heavy atom. The molecule has 15 heavy (non-hydrogen) atoms. The van der Waals surface area contributed by atoms with Crippen LogP contribution in [0.4, 0.5) is 5.82 Å². The topological polar surface area (TPSA) is 50.1 Å². The number of hydrogen-bond acceptors (Lipinski definition) is 3. The van der Waals surface area contributed by atoms with Crippen LogP contribution in [0, 0.1) is 19.8 Å². The first kappa shape index (κ1) is 12.0. The van der Waals surface area contributed by atoms with Gasteiger partial charge in [-0.15, -0.1) is 0 Å². The Morgan fingerprint density at radius 3 is 2.60 bits per heavy atom. The summed E-state index contributed by atoms with van der Waals surface area (Å²) in [6.07, 6.45) is 0. The van der Waals surface area contributed by atoms with Crippen molar-refractivity contribution in [2.75, 3.05) is 18.5 Å². The molecule has 0 atom stereocenters. The van der Waals surface area contributed by atoms with Crippen LogP contribution >= 0.6 is 0 Å². The lowest BCUT2D eigenvalue weighted by Gasteiger charge is -2.11. The minimum Gasteiger partial charge on any atom is -0.394 e. The van der Waals surface area contributed by atoms with Gasteiger partial charge in [0.05, 0.1) is 18.8 Å². The first-order valence-corrected chi connectivity index (χ1v) is 5.45. The van der Waals surface area contributed by atoms with Gasteiger partial charge in [-0.1, -0.05) is 13.8 Å². The fourth-order valence-electron chi connectivity index (χ4n) is 1.45. The first-order valence-electron chi connectivity index (χ1n) is 5.45. The number of aromatic nitrogens is 2. The maximum Gasteiger partial charge on any atom is 0.127 e. The van der Waals surface area contributed by atoms with Crippen molar-refractivity contribution < 1.29 is 5.11 Å². The maximum absolute atomic E-state index is 8.93. The molecule has 0 aromatic carbocycles. The predicted molar refractivity (Wildman–Crippen MR) is 62.1 cm³/mol. The molecular formula is C11H21N3O. The van der Waals surface area contributed by atoms with E-state index in [0.29, 0.717) is 12.5 Å². The van der Waals surface area contributed by atoms with Crippen LogP contribution in [0.25, 0.3) is 0 Å². The molecular weight excluding hydrogens is 190 g/mol. The summed E-state index contributed by atoms with van der Waals surface area (Å²) < 4.78 is 1.84. The summed E-state index contributed by atoms with van der Waals surface area (Å²) in [6, 6.07) is 0. The minimum atomic E-state index is 0.122. The standard InChI is InChI=1S/C11H21N3O/c1-8(2)7-12-11-9(3)10(4)13-14(11)5-6-15/h8,12,15H,5-7H2,1-4H3. The highest BCUT2D eigenvalue weighted by molar-refractivity contribution is 5.46. The van der Waals surface area contributed by atoms with Gasteiger partial charge in [0.2, 0.25) is 0 Å². The number of aliphatic hydroxyl groups excluding tert-OH is 1. The molecule has 0 radical (unpaired) electrons. The summed E-state index contributed by atoms with van der Waals surface area (Å²) in [4.78, 5) is 0. The second-order valence-electron chi connectivity index (χ2n) is 4.28.